The molecule has 1 aromatic rings. The van der Waals surface area contributed by atoms with Crippen molar-refractivity contribution in [2.75, 3.05) is 7.05 Å². The average molecular weight is 264 g/mol. The Labute approximate surface area is 115 Å². The minimum Gasteiger partial charge on any atom is -0.310 e. The lowest BCUT2D eigenvalue weighted by Crippen LogP contribution is -2.19. The van der Waals surface area contributed by atoms with Gasteiger partial charge in [0.1, 0.15) is 0 Å². The molecular weight excluding hydrogens is 242 g/mol. The van der Waals surface area contributed by atoms with E-state index < -0.39 is 0 Å². The van der Waals surface area contributed by atoms with Gasteiger partial charge in [-0.2, -0.15) is 0 Å². The van der Waals surface area contributed by atoms with Gasteiger partial charge < -0.3 is 5.32 Å². The molecule has 0 aromatic heterocycles. The zero-order valence-corrected chi connectivity index (χ0v) is 11.8. The Hall–Kier alpha value is -0.790. The molecule has 0 spiro atoms. The van der Waals surface area contributed by atoms with Gasteiger partial charge >= 0.3 is 0 Å². The third kappa shape index (κ3) is 3.37. The Balaban J connectivity index is 2.24. The Morgan fingerprint density at radius 3 is 2.67 bits per heavy atom. The summed E-state index contributed by atoms with van der Waals surface area (Å²) in [6.07, 6.45) is 10.2. The van der Waals surface area contributed by atoms with E-state index in [1.165, 1.54) is 49.7 Å². The normalized spacial score (nSPS) is 21.6. The largest absolute Gasteiger partial charge is 0.310 e. The number of nitrogens with one attached hydrogen (secondary N) is 1. The van der Waals surface area contributed by atoms with Gasteiger partial charge in [0.25, 0.3) is 0 Å². The Bertz CT molecular complexity index is 411. The number of hydrogen-bond acceptors (Lipinski definition) is 1. The Morgan fingerprint density at radius 2 is 1.89 bits per heavy atom. The van der Waals surface area contributed by atoms with Crippen LogP contribution in [-0.4, -0.2) is 7.05 Å². The third-order valence-electron chi connectivity index (χ3n) is 3.70. The molecule has 0 saturated heterocycles. The third-order valence-corrected chi connectivity index (χ3v) is 4.05. The lowest BCUT2D eigenvalue weighted by Gasteiger charge is -2.23. The second kappa shape index (κ2) is 6.96. The molecule has 2 heteroatoms. The van der Waals surface area contributed by atoms with Crippen LogP contribution in [0.4, 0.5) is 0 Å². The van der Waals surface area contributed by atoms with Crippen molar-refractivity contribution in [2.45, 2.75) is 44.6 Å². The highest BCUT2D eigenvalue weighted by Gasteiger charge is 2.17. The number of hydrogen-bond donors (Lipinski definition) is 1. The van der Waals surface area contributed by atoms with E-state index >= 15 is 0 Å². The van der Waals surface area contributed by atoms with Crippen LogP contribution in [0.15, 0.2) is 35.9 Å². The molecule has 0 radical (unpaired) electrons. The van der Waals surface area contributed by atoms with Gasteiger partial charge in [-0.3, -0.25) is 0 Å². The zero-order valence-electron chi connectivity index (χ0n) is 11.1. The first-order chi connectivity index (χ1) is 8.83. The fraction of sp³-hybridized carbons (Fsp3) is 0.500. The molecule has 0 amide bonds. The summed E-state index contributed by atoms with van der Waals surface area (Å²) < 4.78 is 0. The Kier molecular flexibility index (Phi) is 5.27. The van der Waals surface area contributed by atoms with Crippen molar-refractivity contribution in [3.8, 4) is 0 Å². The topological polar surface area (TPSA) is 12.0 Å². The van der Waals surface area contributed by atoms with E-state index in [-0.39, 0.29) is 6.04 Å². The molecule has 1 aromatic carbocycles. The standard InChI is InChI=1S/C16H22ClN/c1-18-16(14-11-7-8-12-15(14)17)13-9-5-3-2-4-6-10-13/h7-9,11-12,16,18H,2-6,10H2,1H3/b13-9+. The lowest BCUT2D eigenvalue weighted by atomic mass is 9.91. The summed E-state index contributed by atoms with van der Waals surface area (Å²) in [5, 5.41) is 4.29. The molecule has 0 heterocycles. The van der Waals surface area contributed by atoms with Gasteiger partial charge in [-0.1, -0.05) is 54.3 Å². The van der Waals surface area contributed by atoms with E-state index in [0.717, 1.165) is 5.02 Å². The molecule has 0 aliphatic heterocycles. The molecular formula is C16H22ClN. The summed E-state index contributed by atoms with van der Waals surface area (Å²) in [5.41, 5.74) is 2.71. The van der Waals surface area contributed by atoms with E-state index in [2.05, 4.69) is 23.5 Å². The van der Waals surface area contributed by atoms with Gasteiger partial charge in [0.2, 0.25) is 0 Å². The van der Waals surface area contributed by atoms with Gasteiger partial charge in [0, 0.05) is 5.02 Å². The van der Waals surface area contributed by atoms with Gasteiger partial charge in [-0.25, -0.2) is 0 Å². The van der Waals surface area contributed by atoms with Crippen molar-refractivity contribution >= 4 is 11.6 Å². The van der Waals surface area contributed by atoms with Crippen LogP contribution in [-0.2, 0) is 0 Å². The van der Waals surface area contributed by atoms with Crippen molar-refractivity contribution in [1.29, 1.82) is 0 Å². The van der Waals surface area contributed by atoms with Gasteiger partial charge in [-0.05, 0) is 44.4 Å². The molecule has 1 N–H and O–H groups in total. The fourth-order valence-corrected chi connectivity index (χ4v) is 2.97. The highest BCUT2D eigenvalue weighted by Crippen LogP contribution is 2.32. The molecule has 1 aliphatic carbocycles. The predicted molar refractivity (Wildman–Crippen MR) is 79.0 cm³/mol. The number of rotatable bonds is 3. The molecule has 1 aliphatic rings. The van der Waals surface area contributed by atoms with Crippen LogP contribution < -0.4 is 5.32 Å². The lowest BCUT2D eigenvalue weighted by molar-refractivity contribution is 0.574. The van der Waals surface area contributed by atoms with E-state index in [1.54, 1.807) is 0 Å². The highest BCUT2D eigenvalue weighted by atomic mass is 35.5. The molecule has 98 valence electrons. The van der Waals surface area contributed by atoms with Crippen LogP contribution in [0, 0.1) is 0 Å². The Morgan fingerprint density at radius 1 is 1.11 bits per heavy atom. The number of halogens is 1. The second-order valence-corrected chi connectivity index (χ2v) is 5.38. The highest BCUT2D eigenvalue weighted by molar-refractivity contribution is 6.31. The van der Waals surface area contributed by atoms with E-state index in [9.17, 15) is 0 Å². The maximum Gasteiger partial charge on any atom is 0.0548 e. The summed E-state index contributed by atoms with van der Waals surface area (Å²) in [5.74, 6) is 0. The van der Waals surface area contributed by atoms with Crippen molar-refractivity contribution in [2.24, 2.45) is 0 Å². The monoisotopic (exact) mass is 263 g/mol. The van der Waals surface area contributed by atoms with Crippen LogP contribution in [0.1, 0.15) is 50.1 Å². The molecule has 2 rings (SSSR count). The number of likely N-dealkylation sites (N-methyl/N-ethyl adjacent to an activating group) is 1. The van der Waals surface area contributed by atoms with Crippen LogP contribution in [0.2, 0.25) is 5.02 Å². The molecule has 0 bridgehead atoms. The van der Waals surface area contributed by atoms with Gasteiger partial charge in [0.05, 0.1) is 6.04 Å². The maximum absolute atomic E-state index is 6.32. The minimum atomic E-state index is 0.275. The summed E-state index contributed by atoms with van der Waals surface area (Å²) in [7, 11) is 2.02. The van der Waals surface area contributed by atoms with Crippen molar-refractivity contribution in [1.82, 2.24) is 5.32 Å². The molecule has 1 atom stereocenters. The van der Waals surface area contributed by atoms with E-state index in [4.69, 9.17) is 11.6 Å². The first kappa shape index (κ1) is 13.6. The molecule has 1 nitrogen and oxygen atoms in total. The summed E-state index contributed by atoms with van der Waals surface area (Å²) in [6, 6.07) is 8.44. The molecule has 18 heavy (non-hydrogen) atoms. The summed E-state index contributed by atoms with van der Waals surface area (Å²) in [4.78, 5) is 0. The average Bonchev–Trinajstić information content (AvgIpc) is 2.34. The van der Waals surface area contributed by atoms with Crippen LogP contribution in [0.25, 0.3) is 0 Å². The fourth-order valence-electron chi connectivity index (χ4n) is 2.73. The zero-order chi connectivity index (χ0) is 12.8. The van der Waals surface area contributed by atoms with Crippen molar-refractivity contribution in [3.05, 3.63) is 46.5 Å². The number of benzene rings is 1. The van der Waals surface area contributed by atoms with Gasteiger partial charge in [-0.15, -0.1) is 0 Å². The van der Waals surface area contributed by atoms with Crippen LogP contribution >= 0.6 is 11.6 Å². The SMILES string of the molecule is CNC(/C1=C/CCCCCC1)c1ccccc1Cl. The molecule has 0 saturated carbocycles. The van der Waals surface area contributed by atoms with Crippen molar-refractivity contribution in [3.63, 3.8) is 0 Å². The smallest absolute Gasteiger partial charge is 0.0548 e. The van der Waals surface area contributed by atoms with E-state index in [0.29, 0.717) is 0 Å². The molecule has 1 unspecified atom stereocenters. The van der Waals surface area contributed by atoms with Crippen molar-refractivity contribution < 1.29 is 0 Å². The first-order valence-electron chi connectivity index (χ1n) is 6.93. The van der Waals surface area contributed by atoms with Gasteiger partial charge in [0.15, 0.2) is 0 Å². The molecule has 0 fully saturated rings. The number of allylic oxidation sites excluding steroid dienone is 1. The van der Waals surface area contributed by atoms with E-state index in [1.807, 2.05) is 19.2 Å². The maximum atomic E-state index is 6.32. The van der Waals surface area contributed by atoms with Crippen LogP contribution in [0.3, 0.4) is 0 Å². The first-order valence-corrected chi connectivity index (χ1v) is 7.31. The second-order valence-electron chi connectivity index (χ2n) is 4.98. The summed E-state index contributed by atoms with van der Waals surface area (Å²) in [6.45, 7) is 0. The van der Waals surface area contributed by atoms with Crippen LogP contribution in [0.5, 0.6) is 0 Å². The minimum absolute atomic E-state index is 0.275. The quantitative estimate of drug-likeness (QED) is 0.767. The predicted octanol–water partition coefficient (Wildman–Crippen LogP) is 4.88. The summed E-state index contributed by atoms with van der Waals surface area (Å²) >= 11 is 6.32.